The lowest BCUT2D eigenvalue weighted by Gasteiger charge is -2.18. The molecule has 1 aliphatic carbocycles. The van der Waals surface area contributed by atoms with Gasteiger partial charge in [0.1, 0.15) is 0 Å². The van der Waals surface area contributed by atoms with Crippen LogP contribution in [0.1, 0.15) is 6.92 Å². The summed E-state index contributed by atoms with van der Waals surface area (Å²) in [7, 11) is 0. The van der Waals surface area contributed by atoms with Crippen LogP contribution in [-0.2, 0) is 0 Å². The lowest BCUT2D eigenvalue weighted by Crippen LogP contribution is -2.10. The molecule has 2 unspecified atom stereocenters. The van der Waals surface area contributed by atoms with Crippen molar-refractivity contribution in [2.45, 2.75) is 6.92 Å². The number of nitrogens with two attached hydrogens (primary N) is 1. The third-order valence-electron chi connectivity index (χ3n) is 2.29. The van der Waals surface area contributed by atoms with Crippen molar-refractivity contribution in [3.05, 3.63) is 48.6 Å². The van der Waals surface area contributed by atoms with Gasteiger partial charge >= 0.3 is 0 Å². The van der Waals surface area contributed by atoms with Crippen LogP contribution in [0.25, 0.3) is 0 Å². The summed E-state index contributed by atoms with van der Waals surface area (Å²) in [6.07, 6.45) is 12.7. The number of hydrogen-bond donors (Lipinski definition) is 1. The average molecular weight is 175 g/mol. The Kier molecular flexibility index (Phi) is 3.71. The first-order valence-electron chi connectivity index (χ1n) is 4.63. The lowest BCUT2D eigenvalue weighted by molar-refractivity contribution is 0.663. The van der Waals surface area contributed by atoms with E-state index in [1.807, 2.05) is 6.08 Å². The zero-order valence-corrected chi connectivity index (χ0v) is 8.11. The lowest BCUT2D eigenvalue weighted by atomic mass is 9.87. The molecule has 0 aromatic rings. The van der Waals surface area contributed by atoms with E-state index < -0.39 is 0 Å². The molecule has 2 N–H and O–H groups in total. The number of allylic oxidation sites excluding steroid dienone is 6. The van der Waals surface area contributed by atoms with Gasteiger partial charge in [-0.1, -0.05) is 42.0 Å². The normalized spacial score (nSPS) is 27.7. The Balaban J connectivity index is 2.73. The quantitative estimate of drug-likeness (QED) is 0.655. The van der Waals surface area contributed by atoms with E-state index in [0.29, 0.717) is 18.4 Å². The van der Waals surface area contributed by atoms with Crippen LogP contribution >= 0.6 is 0 Å². The maximum Gasteiger partial charge on any atom is 0.0134 e. The summed E-state index contributed by atoms with van der Waals surface area (Å²) in [5, 5.41) is 0. The molecule has 0 radical (unpaired) electrons. The number of rotatable bonds is 3. The van der Waals surface area contributed by atoms with E-state index in [0.717, 1.165) is 0 Å². The van der Waals surface area contributed by atoms with Crippen molar-refractivity contribution in [3.8, 4) is 0 Å². The average Bonchev–Trinajstić information content (AvgIpc) is 2.18. The van der Waals surface area contributed by atoms with Crippen molar-refractivity contribution in [2.75, 3.05) is 6.54 Å². The van der Waals surface area contributed by atoms with Gasteiger partial charge in [-0.15, -0.1) is 6.58 Å². The Labute approximate surface area is 80.3 Å². The summed E-state index contributed by atoms with van der Waals surface area (Å²) in [6, 6.07) is 0. The van der Waals surface area contributed by atoms with Gasteiger partial charge in [-0.2, -0.15) is 0 Å². The molecule has 1 aliphatic rings. The Hall–Kier alpha value is -1.08. The van der Waals surface area contributed by atoms with Crippen molar-refractivity contribution < 1.29 is 0 Å². The highest BCUT2D eigenvalue weighted by atomic mass is 14.5. The third kappa shape index (κ3) is 2.71. The van der Waals surface area contributed by atoms with E-state index in [1.165, 1.54) is 5.57 Å². The molecule has 2 atom stereocenters. The summed E-state index contributed by atoms with van der Waals surface area (Å²) < 4.78 is 0. The molecule has 0 aromatic carbocycles. The predicted molar refractivity (Wildman–Crippen MR) is 58.3 cm³/mol. The van der Waals surface area contributed by atoms with E-state index in [2.05, 4.69) is 43.9 Å². The smallest absolute Gasteiger partial charge is 0.0134 e. The monoisotopic (exact) mass is 175 g/mol. The van der Waals surface area contributed by atoms with Crippen LogP contribution in [0.4, 0.5) is 0 Å². The Morgan fingerprint density at radius 3 is 2.54 bits per heavy atom. The molecule has 0 spiro atoms. The molecule has 1 heteroatoms. The minimum absolute atomic E-state index is 0.423. The zero-order valence-electron chi connectivity index (χ0n) is 8.11. The van der Waals surface area contributed by atoms with Gasteiger partial charge in [0.2, 0.25) is 0 Å². The van der Waals surface area contributed by atoms with Crippen LogP contribution in [0.15, 0.2) is 48.6 Å². The van der Waals surface area contributed by atoms with Crippen LogP contribution in [0, 0.1) is 11.8 Å². The highest BCUT2D eigenvalue weighted by Gasteiger charge is 2.12. The Morgan fingerprint density at radius 2 is 2.00 bits per heavy atom. The minimum atomic E-state index is 0.423. The maximum absolute atomic E-state index is 5.54. The first-order valence-corrected chi connectivity index (χ1v) is 4.63. The molecule has 0 aliphatic heterocycles. The SMILES string of the molecule is C=CC1C=CC=CC1/C=C(\C)CN. The summed E-state index contributed by atoms with van der Waals surface area (Å²) in [4.78, 5) is 0. The molecular weight excluding hydrogens is 158 g/mol. The summed E-state index contributed by atoms with van der Waals surface area (Å²) in [5.74, 6) is 0.859. The summed E-state index contributed by atoms with van der Waals surface area (Å²) in [6.45, 7) is 6.52. The molecule has 0 aromatic heterocycles. The molecule has 70 valence electrons. The second-order valence-electron chi connectivity index (χ2n) is 3.38. The van der Waals surface area contributed by atoms with Gasteiger partial charge in [0, 0.05) is 18.4 Å². The number of hydrogen-bond acceptors (Lipinski definition) is 1. The first kappa shape index (κ1) is 10.0. The van der Waals surface area contributed by atoms with E-state index in [1.54, 1.807) is 0 Å². The van der Waals surface area contributed by atoms with Gasteiger partial charge in [-0.3, -0.25) is 0 Å². The van der Waals surface area contributed by atoms with Gasteiger partial charge < -0.3 is 5.73 Å². The van der Waals surface area contributed by atoms with Crippen molar-refractivity contribution in [1.29, 1.82) is 0 Å². The van der Waals surface area contributed by atoms with E-state index in [-0.39, 0.29) is 0 Å². The molecule has 1 nitrogen and oxygen atoms in total. The van der Waals surface area contributed by atoms with Crippen molar-refractivity contribution in [3.63, 3.8) is 0 Å². The zero-order chi connectivity index (χ0) is 9.68. The van der Waals surface area contributed by atoms with E-state index in [4.69, 9.17) is 5.73 Å². The van der Waals surface area contributed by atoms with Crippen molar-refractivity contribution in [1.82, 2.24) is 0 Å². The summed E-state index contributed by atoms with van der Waals surface area (Å²) >= 11 is 0. The fraction of sp³-hybridized carbons (Fsp3) is 0.333. The second-order valence-corrected chi connectivity index (χ2v) is 3.38. The van der Waals surface area contributed by atoms with Gasteiger partial charge in [0.15, 0.2) is 0 Å². The topological polar surface area (TPSA) is 26.0 Å². The fourth-order valence-corrected chi connectivity index (χ4v) is 1.44. The van der Waals surface area contributed by atoms with Crippen LogP contribution in [0.5, 0.6) is 0 Å². The molecule has 0 fully saturated rings. The van der Waals surface area contributed by atoms with Gasteiger partial charge in [0.25, 0.3) is 0 Å². The Bertz CT molecular complexity index is 258. The van der Waals surface area contributed by atoms with E-state index in [9.17, 15) is 0 Å². The molecule has 0 bridgehead atoms. The van der Waals surface area contributed by atoms with Crippen LogP contribution in [0.2, 0.25) is 0 Å². The Morgan fingerprint density at radius 1 is 1.38 bits per heavy atom. The second kappa shape index (κ2) is 4.83. The molecule has 0 saturated carbocycles. The molecule has 0 heterocycles. The largest absolute Gasteiger partial charge is 0.327 e. The minimum Gasteiger partial charge on any atom is -0.327 e. The predicted octanol–water partition coefficient (Wildman–Crippen LogP) is 2.44. The molecule has 1 rings (SSSR count). The molecule has 0 saturated heterocycles. The molecular formula is C12H17N. The standard InChI is InChI=1S/C12H17N/c1-3-11-6-4-5-7-12(11)8-10(2)9-13/h3-8,11-12H,1,9,13H2,2H3/b10-8+. The van der Waals surface area contributed by atoms with Gasteiger partial charge in [-0.05, 0) is 6.92 Å². The van der Waals surface area contributed by atoms with Crippen LogP contribution < -0.4 is 5.73 Å². The van der Waals surface area contributed by atoms with E-state index >= 15 is 0 Å². The van der Waals surface area contributed by atoms with Crippen molar-refractivity contribution >= 4 is 0 Å². The van der Waals surface area contributed by atoms with Crippen molar-refractivity contribution in [2.24, 2.45) is 17.6 Å². The maximum atomic E-state index is 5.54. The fourth-order valence-electron chi connectivity index (χ4n) is 1.44. The molecule has 0 amide bonds. The van der Waals surface area contributed by atoms with Crippen LogP contribution in [0.3, 0.4) is 0 Å². The summed E-state index contributed by atoms with van der Waals surface area (Å²) in [5.41, 5.74) is 6.77. The van der Waals surface area contributed by atoms with Crippen LogP contribution in [-0.4, -0.2) is 6.54 Å². The molecule has 13 heavy (non-hydrogen) atoms. The highest BCUT2D eigenvalue weighted by molar-refractivity contribution is 5.23. The first-order chi connectivity index (χ1) is 6.27. The van der Waals surface area contributed by atoms with Gasteiger partial charge in [0.05, 0.1) is 0 Å². The van der Waals surface area contributed by atoms with Gasteiger partial charge in [-0.25, -0.2) is 0 Å². The third-order valence-corrected chi connectivity index (χ3v) is 2.29. The highest BCUT2D eigenvalue weighted by Crippen LogP contribution is 2.22.